The van der Waals surface area contributed by atoms with E-state index in [2.05, 4.69) is 30.5 Å². The van der Waals surface area contributed by atoms with E-state index in [9.17, 15) is 4.79 Å². The molecule has 0 radical (unpaired) electrons. The number of urea groups is 1. The molecule has 0 aliphatic carbocycles. The van der Waals surface area contributed by atoms with Gasteiger partial charge in [-0.3, -0.25) is 0 Å². The van der Waals surface area contributed by atoms with Gasteiger partial charge in [0.15, 0.2) is 11.5 Å². The van der Waals surface area contributed by atoms with Crippen LogP contribution in [0.3, 0.4) is 0 Å². The molecule has 1 aliphatic heterocycles. The molecule has 2 aromatic rings. The van der Waals surface area contributed by atoms with Crippen molar-refractivity contribution in [3.8, 4) is 17.2 Å². The highest BCUT2D eigenvalue weighted by Crippen LogP contribution is 2.32. The average molecular weight is 356 g/mol. The highest BCUT2D eigenvalue weighted by atomic mass is 16.6. The van der Waals surface area contributed by atoms with Gasteiger partial charge in [0.1, 0.15) is 25.6 Å². The second-order valence-electron chi connectivity index (χ2n) is 6.29. The third-order valence-electron chi connectivity index (χ3n) is 4.24. The smallest absolute Gasteiger partial charge is 0.319 e. The largest absolute Gasteiger partial charge is 0.491 e. The second-order valence-corrected chi connectivity index (χ2v) is 6.29. The van der Waals surface area contributed by atoms with Crippen LogP contribution < -0.4 is 24.8 Å². The molecule has 2 amide bonds. The maximum absolute atomic E-state index is 12.0. The summed E-state index contributed by atoms with van der Waals surface area (Å²) in [6, 6.07) is 9.16. The van der Waals surface area contributed by atoms with Crippen molar-refractivity contribution >= 4 is 11.7 Å². The Balaban J connectivity index is 1.45. The Hall–Kier alpha value is -2.89. The quantitative estimate of drug-likeness (QED) is 0.804. The molecular weight excluding hydrogens is 332 g/mol. The van der Waals surface area contributed by atoms with Crippen molar-refractivity contribution in [2.45, 2.75) is 20.8 Å². The molecule has 0 fully saturated rings. The van der Waals surface area contributed by atoms with Crippen LogP contribution in [0, 0.1) is 20.8 Å². The highest BCUT2D eigenvalue weighted by Gasteiger charge is 2.12. The van der Waals surface area contributed by atoms with E-state index in [0.717, 1.165) is 11.3 Å². The molecule has 1 aliphatic rings. The van der Waals surface area contributed by atoms with Crippen LogP contribution >= 0.6 is 0 Å². The van der Waals surface area contributed by atoms with Crippen LogP contribution in [0.15, 0.2) is 30.3 Å². The summed E-state index contributed by atoms with van der Waals surface area (Å²) in [4.78, 5) is 12.0. The summed E-state index contributed by atoms with van der Waals surface area (Å²) >= 11 is 0. The number of fused-ring (bicyclic) bond motifs is 1. The lowest BCUT2D eigenvalue weighted by atomic mass is 10.1. The number of anilines is 1. The van der Waals surface area contributed by atoms with Gasteiger partial charge in [-0.2, -0.15) is 0 Å². The van der Waals surface area contributed by atoms with Crippen LogP contribution in [-0.4, -0.2) is 32.4 Å². The van der Waals surface area contributed by atoms with Gasteiger partial charge in [0.2, 0.25) is 0 Å². The third-order valence-corrected chi connectivity index (χ3v) is 4.24. The molecule has 6 heteroatoms. The minimum Gasteiger partial charge on any atom is -0.491 e. The minimum absolute atomic E-state index is 0.290. The van der Waals surface area contributed by atoms with Crippen molar-refractivity contribution in [2.75, 3.05) is 31.7 Å². The zero-order valence-corrected chi connectivity index (χ0v) is 15.3. The first kappa shape index (κ1) is 17.9. The van der Waals surface area contributed by atoms with Crippen LogP contribution in [0.2, 0.25) is 0 Å². The summed E-state index contributed by atoms with van der Waals surface area (Å²) in [6.45, 7) is 8.01. The summed E-state index contributed by atoms with van der Waals surface area (Å²) in [7, 11) is 0. The summed E-state index contributed by atoms with van der Waals surface area (Å²) in [5.41, 5.74) is 4.17. The number of amides is 2. The summed E-state index contributed by atoms with van der Waals surface area (Å²) < 4.78 is 16.7. The maximum Gasteiger partial charge on any atom is 0.319 e. The van der Waals surface area contributed by atoms with E-state index in [1.165, 1.54) is 11.1 Å². The molecule has 0 saturated heterocycles. The summed E-state index contributed by atoms with van der Waals surface area (Å²) in [5, 5.41) is 5.56. The Morgan fingerprint density at radius 1 is 1.00 bits per heavy atom. The molecule has 0 aromatic heterocycles. The van der Waals surface area contributed by atoms with Crippen LogP contribution in [0.25, 0.3) is 0 Å². The Morgan fingerprint density at radius 3 is 2.54 bits per heavy atom. The van der Waals surface area contributed by atoms with E-state index in [1.807, 2.05) is 13.0 Å². The monoisotopic (exact) mass is 356 g/mol. The molecule has 6 nitrogen and oxygen atoms in total. The highest BCUT2D eigenvalue weighted by molar-refractivity contribution is 5.89. The lowest BCUT2D eigenvalue weighted by Gasteiger charge is -2.19. The van der Waals surface area contributed by atoms with Gasteiger partial charge >= 0.3 is 6.03 Å². The maximum atomic E-state index is 12.0. The molecular formula is C20H24N2O4. The van der Waals surface area contributed by atoms with E-state index >= 15 is 0 Å². The summed E-state index contributed by atoms with van der Waals surface area (Å²) in [5.74, 6) is 2.18. The third kappa shape index (κ3) is 4.39. The zero-order valence-electron chi connectivity index (χ0n) is 15.3. The SMILES string of the molecule is Cc1cc(C)c(OCCNC(=O)Nc2ccc3c(c2)OCCO3)cc1C. The van der Waals surface area contributed by atoms with E-state index in [-0.39, 0.29) is 6.03 Å². The van der Waals surface area contributed by atoms with E-state index in [1.54, 1.807) is 18.2 Å². The number of rotatable bonds is 5. The molecule has 138 valence electrons. The average Bonchev–Trinajstić information content (AvgIpc) is 2.62. The number of carbonyl (C=O) groups excluding carboxylic acids is 1. The molecule has 0 bridgehead atoms. The minimum atomic E-state index is -0.290. The van der Waals surface area contributed by atoms with Crippen LogP contribution in [0.5, 0.6) is 17.2 Å². The molecule has 26 heavy (non-hydrogen) atoms. The van der Waals surface area contributed by atoms with Gasteiger partial charge in [-0.05, 0) is 55.7 Å². The molecule has 0 spiro atoms. The first-order valence-electron chi connectivity index (χ1n) is 8.68. The van der Waals surface area contributed by atoms with E-state index in [4.69, 9.17) is 14.2 Å². The number of hydrogen-bond donors (Lipinski definition) is 2. The molecule has 0 saturated carbocycles. The normalized spacial score (nSPS) is 12.4. The number of nitrogens with one attached hydrogen (secondary N) is 2. The van der Waals surface area contributed by atoms with Crippen molar-refractivity contribution in [2.24, 2.45) is 0 Å². The number of benzene rings is 2. The fraction of sp³-hybridized carbons (Fsp3) is 0.350. The number of carbonyl (C=O) groups is 1. The molecule has 3 rings (SSSR count). The Bertz CT molecular complexity index is 805. The van der Waals surface area contributed by atoms with Gasteiger partial charge in [0.05, 0.1) is 6.54 Å². The van der Waals surface area contributed by atoms with Crippen LogP contribution in [-0.2, 0) is 0 Å². The first-order valence-corrected chi connectivity index (χ1v) is 8.68. The van der Waals surface area contributed by atoms with E-state index in [0.29, 0.717) is 43.6 Å². The molecule has 0 unspecified atom stereocenters. The predicted molar refractivity (Wildman–Crippen MR) is 101 cm³/mol. The second kappa shape index (κ2) is 7.99. The lowest BCUT2D eigenvalue weighted by Crippen LogP contribution is -2.32. The predicted octanol–water partition coefficient (Wildman–Crippen LogP) is 3.58. The van der Waals surface area contributed by atoms with Crippen molar-refractivity contribution in [3.05, 3.63) is 47.0 Å². The molecule has 2 aromatic carbocycles. The van der Waals surface area contributed by atoms with Crippen molar-refractivity contribution in [1.29, 1.82) is 0 Å². The number of hydrogen-bond acceptors (Lipinski definition) is 4. The standard InChI is InChI=1S/C20H24N2O4/c1-13-10-15(3)18(11-14(13)2)24-7-6-21-20(23)22-16-4-5-17-19(12-16)26-9-8-25-17/h4-5,10-12H,6-9H2,1-3H3,(H2,21,22,23). The van der Waals surface area contributed by atoms with Crippen molar-refractivity contribution in [1.82, 2.24) is 5.32 Å². The van der Waals surface area contributed by atoms with Gasteiger partial charge in [-0.15, -0.1) is 0 Å². The number of aryl methyl sites for hydroxylation is 3. The molecule has 2 N–H and O–H groups in total. The van der Waals surface area contributed by atoms with Gasteiger partial charge in [-0.25, -0.2) is 4.79 Å². The van der Waals surface area contributed by atoms with Crippen molar-refractivity contribution < 1.29 is 19.0 Å². The zero-order chi connectivity index (χ0) is 18.5. The molecule has 1 heterocycles. The summed E-state index contributed by atoms with van der Waals surface area (Å²) in [6.07, 6.45) is 0. The van der Waals surface area contributed by atoms with Gasteiger partial charge < -0.3 is 24.8 Å². The lowest BCUT2D eigenvalue weighted by molar-refractivity contribution is 0.171. The van der Waals surface area contributed by atoms with Crippen LogP contribution in [0.1, 0.15) is 16.7 Å². The van der Waals surface area contributed by atoms with Gasteiger partial charge in [-0.1, -0.05) is 6.07 Å². The van der Waals surface area contributed by atoms with Crippen LogP contribution in [0.4, 0.5) is 10.5 Å². The Kier molecular flexibility index (Phi) is 5.51. The number of ether oxygens (including phenoxy) is 3. The first-order chi connectivity index (χ1) is 12.5. The van der Waals surface area contributed by atoms with Crippen molar-refractivity contribution in [3.63, 3.8) is 0 Å². The Labute approximate surface area is 153 Å². The van der Waals surface area contributed by atoms with Gasteiger partial charge in [0, 0.05) is 11.8 Å². The Morgan fingerprint density at radius 2 is 1.73 bits per heavy atom. The topological polar surface area (TPSA) is 68.8 Å². The molecule has 0 atom stereocenters. The fourth-order valence-electron chi connectivity index (χ4n) is 2.71. The van der Waals surface area contributed by atoms with E-state index < -0.39 is 0 Å². The van der Waals surface area contributed by atoms with Gasteiger partial charge in [0.25, 0.3) is 0 Å². The fourth-order valence-corrected chi connectivity index (χ4v) is 2.71.